The summed E-state index contributed by atoms with van der Waals surface area (Å²) in [7, 11) is 0. The molecule has 0 fully saturated rings. The lowest BCUT2D eigenvalue weighted by Crippen LogP contribution is -2.39. The zero-order valence-corrected chi connectivity index (χ0v) is 13.8. The largest absolute Gasteiger partial charge is 0.393 e. The number of fused-ring (bicyclic) bond motifs is 2. The minimum atomic E-state index is -1.05. The van der Waals surface area contributed by atoms with Gasteiger partial charge >= 0.3 is 5.69 Å². The quantitative estimate of drug-likeness (QED) is 0.598. The fraction of sp³-hybridized carbons (Fsp3) is 0.294. The number of hydrogen-bond acceptors (Lipinski definition) is 6. The van der Waals surface area contributed by atoms with Gasteiger partial charge in [-0.3, -0.25) is 9.48 Å². The van der Waals surface area contributed by atoms with Gasteiger partial charge in [-0.2, -0.15) is 10.1 Å². The minimum Gasteiger partial charge on any atom is -0.393 e. The Balaban J connectivity index is 1.66. The van der Waals surface area contributed by atoms with Crippen molar-refractivity contribution in [2.24, 2.45) is 0 Å². The summed E-state index contributed by atoms with van der Waals surface area (Å²) in [5.74, 6) is -0.330. The number of nitrogens with zero attached hydrogens (tertiary/aromatic N) is 4. The highest BCUT2D eigenvalue weighted by Gasteiger charge is 2.26. The summed E-state index contributed by atoms with van der Waals surface area (Å²) in [6.07, 6.45) is -1.05. The van der Waals surface area contributed by atoms with Crippen LogP contribution in [0.1, 0.15) is 28.0 Å². The maximum absolute atomic E-state index is 13.0. The van der Waals surface area contributed by atoms with Crippen LogP contribution in [-0.4, -0.2) is 53.9 Å². The van der Waals surface area contributed by atoms with E-state index in [2.05, 4.69) is 15.1 Å². The molecule has 134 valence electrons. The molecule has 3 aromatic rings. The number of nitrogens with one attached hydrogen (secondary N) is 1. The van der Waals surface area contributed by atoms with Crippen molar-refractivity contribution in [3.05, 3.63) is 57.9 Å². The molecule has 1 aliphatic rings. The summed E-state index contributed by atoms with van der Waals surface area (Å²) in [6, 6.07) is 8.70. The van der Waals surface area contributed by atoms with Crippen LogP contribution in [0.4, 0.5) is 0 Å². The van der Waals surface area contributed by atoms with Gasteiger partial charge in [0.1, 0.15) is 11.8 Å². The van der Waals surface area contributed by atoms with Crippen LogP contribution in [0, 0.1) is 0 Å². The number of H-pyrrole nitrogens is 1. The van der Waals surface area contributed by atoms with Crippen molar-refractivity contribution in [2.45, 2.75) is 19.2 Å². The van der Waals surface area contributed by atoms with Crippen LogP contribution in [0.3, 0.4) is 0 Å². The Morgan fingerprint density at radius 1 is 1.31 bits per heavy atom. The number of rotatable bonds is 3. The van der Waals surface area contributed by atoms with Crippen LogP contribution in [0.5, 0.6) is 0 Å². The van der Waals surface area contributed by atoms with Crippen molar-refractivity contribution < 1.29 is 15.0 Å². The number of hydrogen-bond donors (Lipinski definition) is 3. The second kappa shape index (κ2) is 6.36. The third-order valence-electron chi connectivity index (χ3n) is 4.46. The van der Waals surface area contributed by atoms with Crippen molar-refractivity contribution in [1.82, 2.24) is 24.6 Å². The van der Waals surface area contributed by atoms with E-state index in [9.17, 15) is 14.7 Å². The molecule has 0 spiro atoms. The molecular weight excluding hydrogens is 338 g/mol. The van der Waals surface area contributed by atoms with Crippen molar-refractivity contribution in [2.75, 3.05) is 13.2 Å². The molecule has 0 unspecified atom stereocenters. The maximum Gasteiger partial charge on any atom is 0.346 e. The first-order valence-corrected chi connectivity index (χ1v) is 8.20. The van der Waals surface area contributed by atoms with E-state index in [-0.39, 0.29) is 18.1 Å². The number of carbonyl (C=O) groups is 1. The van der Waals surface area contributed by atoms with Crippen LogP contribution in [0.2, 0.25) is 0 Å². The first kappa shape index (κ1) is 16.4. The molecule has 1 aliphatic heterocycles. The van der Waals surface area contributed by atoms with Crippen LogP contribution in [0.15, 0.2) is 35.1 Å². The zero-order valence-electron chi connectivity index (χ0n) is 13.8. The van der Waals surface area contributed by atoms with Gasteiger partial charge in [-0.25, -0.2) is 4.79 Å². The Kier molecular flexibility index (Phi) is 4.02. The predicted molar refractivity (Wildman–Crippen MR) is 91.4 cm³/mol. The van der Waals surface area contributed by atoms with Crippen LogP contribution in [-0.2, 0) is 13.1 Å². The van der Waals surface area contributed by atoms with Crippen molar-refractivity contribution in [1.29, 1.82) is 0 Å². The van der Waals surface area contributed by atoms with Crippen molar-refractivity contribution in [3.8, 4) is 0 Å². The van der Waals surface area contributed by atoms with Crippen molar-refractivity contribution >= 4 is 16.8 Å². The highest BCUT2D eigenvalue weighted by Crippen LogP contribution is 2.21. The molecule has 1 amide bonds. The summed E-state index contributed by atoms with van der Waals surface area (Å²) in [5.41, 5.74) is 1.24. The van der Waals surface area contributed by atoms with E-state index in [0.29, 0.717) is 29.7 Å². The maximum atomic E-state index is 13.0. The predicted octanol–water partition coefficient (Wildman–Crippen LogP) is -0.199. The Labute approximate surface area is 147 Å². The highest BCUT2D eigenvalue weighted by atomic mass is 16.3. The van der Waals surface area contributed by atoms with Gasteiger partial charge < -0.3 is 20.1 Å². The Hall–Kier alpha value is -3.04. The standard InChI is InChI=1S/C17H17N5O4/c23-9-14(24)13-7-10-8-21(5-6-22(10)20-13)16(25)15-11-3-1-2-4-12(11)18-17(26)19-15/h1-4,7,14,23-24H,5-6,8-9H2,(H,18,19,26)/t14-/m1/s1. The van der Waals surface area contributed by atoms with E-state index in [4.69, 9.17) is 5.11 Å². The summed E-state index contributed by atoms with van der Waals surface area (Å²) < 4.78 is 1.71. The molecule has 0 saturated carbocycles. The van der Waals surface area contributed by atoms with Gasteiger partial charge in [-0.15, -0.1) is 0 Å². The molecule has 0 bridgehead atoms. The number of aromatic amines is 1. The molecule has 4 rings (SSSR count). The van der Waals surface area contributed by atoms with E-state index >= 15 is 0 Å². The van der Waals surface area contributed by atoms with Gasteiger partial charge in [0.2, 0.25) is 0 Å². The average Bonchev–Trinajstić information content (AvgIpc) is 3.09. The molecule has 1 atom stereocenters. The molecule has 9 nitrogen and oxygen atoms in total. The number of benzene rings is 1. The van der Waals surface area contributed by atoms with E-state index in [1.807, 2.05) is 0 Å². The number of carbonyl (C=O) groups excluding carboxylic acids is 1. The van der Waals surface area contributed by atoms with E-state index in [1.54, 1.807) is 39.9 Å². The summed E-state index contributed by atoms with van der Waals surface area (Å²) in [6.45, 7) is 0.736. The fourth-order valence-electron chi connectivity index (χ4n) is 3.13. The zero-order chi connectivity index (χ0) is 18.3. The summed E-state index contributed by atoms with van der Waals surface area (Å²) in [5, 5.41) is 23.6. The van der Waals surface area contributed by atoms with Gasteiger partial charge in [0.05, 0.1) is 36.6 Å². The number of amides is 1. The third kappa shape index (κ3) is 2.76. The average molecular weight is 355 g/mol. The molecule has 2 aromatic heterocycles. The number of aliphatic hydroxyl groups excluding tert-OH is 2. The molecule has 9 heteroatoms. The Morgan fingerprint density at radius 3 is 2.92 bits per heavy atom. The topological polar surface area (TPSA) is 124 Å². The van der Waals surface area contributed by atoms with Crippen LogP contribution < -0.4 is 5.69 Å². The van der Waals surface area contributed by atoms with Crippen molar-refractivity contribution in [3.63, 3.8) is 0 Å². The van der Waals surface area contributed by atoms with E-state index in [1.165, 1.54) is 0 Å². The molecule has 1 aromatic carbocycles. The molecular formula is C17H17N5O4. The van der Waals surface area contributed by atoms with Gasteiger partial charge in [0.25, 0.3) is 5.91 Å². The number of aromatic nitrogens is 4. The molecule has 0 saturated heterocycles. The third-order valence-corrected chi connectivity index (χ3v) is 4.46. The summed E-state index contributed by atoms with van der Waals surface area (Å²) in [4.78, 5) is 32.9. The molecule has 0 radical (unpaired) electrons. The lowest BCUT2D eigenvalue weighted by Gasteiger charge is -2.27. The Morgan fingerprint density at radius 2 is 2.12 bits per heavy atom. The van der Waals surface area contributed by atoms with Gasteiger partial charge in [-0.1, -0.05) is 18.2 Å². The SMILES string of the molecule is O=C(c1nc(=O)[nH]c2ccccc12)N1CCn2nc([C@H](O)CO)cc2C1. The van der Waals surface area contributed by atoms with E-state index in [0.717, 1.165) is 5.69 Å². The monoisotopic (exact) mass is 355 g/mol. The van der Waals surface area contributed by atoms with Crippen LogP contribution in [0.25, 0.3) is 10.9 Å². The lowest BCUT2D eigenvalue weighted by molar-refractivity contribution is 0.0700. The van der Waals surface area contributed by atoms with Crippen LogP contribution >= 0.6 is 0 Å². The number of para-hydroxylation sites is 1. The Bertz CT molecular complexity index is 1040. The van der Waals surface area contributed by atoms with Gasteiger partial charge in [0, 0.05) is 11.9 Å². The smallest absolute Gasteiger partial charge is 0.346 e. The fourth-order valence-corrected chi connectivity index (χ4v) is 3.13. The minimum absolute atomic E-state index is 0.118. The lowest BCUT2D eigenvalue weighted by atomic mass is 10.1. The number of aliphatic hydroxyl groups is 2. The molecule has 0 aliphatic carbocycles. The molecule has 3 N–H and O–H groups in total. The normalized spacial score (nSPS) is 15.1. The van der Waals surface area contributed by atoms with E-state index < -0.39 is 18.4 Å². The first-order valence-electron chi connectivity index (χ1n) is 8.20. The molecule has 3 heterocycles. The first-order chi connectivity index (χ1) is 12.6. The van der Waals surface area contributed by atoms with Gasteiger partial charge in [0.15, 0.2) is 0 Å². The highest BCUT2D eigenvalue weighted by molar-refractivity contribution is 6.04. The van der Waals surface area contributed by atoms with Gasteiger partial charge in [-0.05, 0) is 12.1 Å². The second-order valence-electron chi connectivity index (χ2n) is 6.14. The second-order valence-corrected chi connectivity index (χ2v) is 6.14. The molecule has 26 heavy (non-hydrogen) atoms. The summed E-state index contributed by atoms with van der Waals surface area (Å²) >= 11 is 0.